The van der Waals surface area contributed by atoms with Gasteiger partial charge in [-0.05, 0) is 67.3 Å². The van der Waals surface area contributed by atoms with Crippen molar-refractivity contribution in [3.8, 4) is 0 Å². The Balaban J connectivity index is 1.35. The number of hydrogen-bond acceptors (Lipinski definition) is 4. The number of hydrogen-bond donors (Lipinski definition) is 0. The van der Waals surface area contributed by atoms with Crippen LogP contribution in [0, 0.1) is 0 Å². The highest BCUT2D eigenvalue weighted by Crippen LogP contribution is 2.34. The van der Waals surface area contributed by atoms with Gasteiger partial charge in [-0.15, -0.1) is 0 Å². The van der Waals surface area contributed by atoms with Crippen molar-refractivity contribution in [2.45, 2.75) is 38.3 Å². The zero-order valence-corrected chi connectivity index (χ0v) is 16.6. The van der Waals surface area contributed by atoms with E-state index in [1.54, 1.807) is 0 Å². The van der Waals surface area contributed by atoms with Crippen molar-refractivity contribution < 1.29 is 0 Å². The molecule has 2 fully saturated rings. The number of benzene rings is 1. The summed E-state index contributed by atoms with van der Waals surface area (Å²) < 4.78 is 0. The minimum atomic E-state index is 0.691. The van der Waals surface area contributed by atoms with Gasteiger partial charge in [0.1, 0.15) is 0 Å². The Morgan fingerprint density at radius 2 is 2.00 bits per heavy atom. The van der Waals surface area contributed by atoms with Crippen LogP contribution in [0.3, 0.4) is 0 Å². The number of allylic oxidation sites excluding steroid dienone is 1. The van der Waals surface area contributed by atoms with Gasteiger partial charge in [-0.1, -0.05) is 19.1 Å². The second-order valence-corrected chi connectivity index (χ2v) is 8.12. The first kappa shape index (κ1) is 17.6. The van der Waals surface area contributed by atoms with Crippen molar-refractivity contribution in [2.24, 2.45) is 4.99 Å². The quantitative estimate of drug-likeness (QED) is 0.812. The molecule has 144 valence electrons. The number of piperazine rings is 1. The molecule has 0 amide bonds. The lowest BCUT2D eigenvalue weighted by Gasteiger charge is -2.35. The predicted molar refractivity (Wildman–Crippen MR) is 116 cm³/mol. The molecular formula is C24H28N4. The zero-order chi connectivity index (χ0) is 18.9. The molecule has 2 saturated heterocycles. The van der Waals surface area contributed by atoms with Crippen molar-refractivity contribution in [1.82, 2.24) is 9.88 Å². The molecule has 28 heavy (non-hydrogen) atoms. The molecule has 0 unspecified atom stereocenters. The number of fused-ring (bicyclic) bond motifs is 2. The highest BCUT2D eigenvalue weighted by molar-refractivity contribution is 6.15. The van der Waals surface area contributed by atoms with Gasteiger partial charge in [0.2, 0.25) is 0 Å². The Morgan fingerprint density at radius 3 is 2.71 bits per heavy atom. The molecule has 3 aliphatic heterocycles. The summed E-state index contributed by atoms with van der Waals surface area (Å²) in [5.41, 5.74) is 6.19. The Labute approximate surface area is 167 Å². The Bertz CT molecular complexity index is 885. The molecule has 2 bridgehead atoms. The topological polar surface area (TPSA) is 31.7 Å². The van der Waals surface area contributed by atoms with Crippen LogP contribution >= 0.6 is 0 Å². The molecule has 2 atom stereocenters. The third-order valence-electron chi connectivity index (χ3n) is 6.44. The van der Waals surface area contributed by atoms with Crippen LogP contribution in [0.1, 0.15) is 37.3 Å². The highest BCUT2D eigenvalue weighted by Gasteiger charge is 2.42. The number of pyridine rings is 1. The van der Waals surface area contributed by atoms with Crippen molar-refractivity contribution in [3.05, 3.63) is 65.5 Å². The number of likely N-dealkylation sites (N-methyl/N-ethyl adjacent to an activating group) is 1. The van der Waals surface area contributed by atoms with Crippen LogP contribution in [-0.4, -0.2) is 53.9 Å². The fourth-order valence-corrected chi connectivity index (χ4v) is 5.02. The second kappa shape index (κ2) is 7.51. The number of aliphatic imine (C=N–C) groups is 1. The number of nitrogens with zero attached hydrogens (tertiary/aromatic N) is 4. The predicted octanol–water partition coefficient (Wildman–Crippen LogP) is 4.03. The van der Waals surface area contributed by atoms with Crippen molar-refractivity contribution >= 4 is 17.5 Å². The van der Waals surface area contributed by atoms with E-state index in [-0.39, 0.29) is 0 Å². The normalized spacial score (nSPS) is 26.1. The Kier molecular flexibility index (Phi) is 4.73. The molecule has 0 saturated carbocycles. The minimum Gasteiger partial charge on any atom is -0.366 e. The number of rotatable bonds is 4. The maximum atomic E-state index is 4.79. The van der Waals surface area contributed by atoms with E-state index in [1.807, 2.05) is 18.5 Å². The average Bonchev–Trinajstić information content (AvgIpc) is 3.36. The lowest BCUT2D eigenvalue weighted by atomic mass is 9.95. The monoisotopic (exact) mass is 372 g/mol. The Hall–Kier alpha value is -2.46. The van der Waals surface area contributed by atoms with Crippen molar-refractivity contribution in [1.29, 1.82) is 0 Å². The minimum absolute atomic E-state index is 0.691. The van der Waals surface area contributed by atoms with E-state index in [2.05, 4.69) is 58.1 Å². The number of likely N-dealkylation sites (tertiary alicyclic amines) is 1. The van der Waals surface area contributed by atoms with Gasteiger partial charge in [0.05, 0.1) is 5.71 Å². The van der Waals surface area contributed by atoms with Gasteiger partial charge in [-0.3, -0.25) is 14.9 Å². The van der Waals surface area contributed by atoms with Crippen LogP contribution in [0.5, 0.6) is 0 Å². The summed E-state index contributed by atoms with van der Waals surface area (Å²) in [6.07, 6.45) is 9.58. The van der Waals surface area contributed by atoms with Crippen LogP contribution in [0.15, 0.2) is 59.4 Å². The molecule has 0 aliphatic carbocycles. The molecule has 0 N–H and O–H groups in total. The molecule has 4 nitrogen and oxygen atoms in total. The van der Waals surface area contributed by atoms with Crippen LogP contribution in [0.25, 0.3) is 6.08 Å². The van der Waals surface area contributed by atoms with Crippen LogP contribution in [0.4, 0.5) is 5.69 Å². The fraction of sp³-hybridized carbons (Fsp3) is 0.417. The van der Waals surface area contributed by atoms with E-state index in [1.165, 1.54) is 42.9 Å². The van der Waals surface area contributed by atoms with Gasteiger partial charge in [-0.2, -0.15) is 0 Å². The van der Waals surface area contributed by atoms with Crippen LogP contribution in [-0.2, 0) is 0 Å². The van der Waals surface area contributed by atoms with E-state index >= 15 is 0 Å². The lowest BCUT2D eigenvalue weighted by Crippen LogP contribution is -2.46. The first-order valence-corrected chi connectivity index (χ1v) is 10.6. The molecule has 4 heteroatoms. The molecule has 1 aromatic heterocycles. The standard InChI is InChI=1S/C24H28N4/c1-2-27-16-23-14-22(27)17-28(23)21-9-7-18(8-10-21)13-19-5-4-12-26-24(19)20-6-3-11-25-15-20/h3,6-11,13,15,22-23H,2,4-5,12,14,16-17H2,1H3/t22-,23-/m0/s1. The van der Waals surface area contributed by atoms with Gasteiger partial charge in [0.25, 0.3) is 0 Å². The molecule has 5 rings (SSSR count). The van der Waals surface area contributed by atoms with Gasteiger partial charge in [0.15, 0.2) is 0 Å². The summed E-state index contributed by atoms with van der Waals surface area (Å²) in [6.45, 7) is 6.77. The highest BCUT2D eigenvalue weighted by atomic mass is 15.3. The van der Waals surface area contributed by atoms with E-state index in [4.69, 9.17) is 4.99 Å². The zero-order valence-electron chi connectivity index (χ0n) is 16.6. The van der Waals surface area contributed by atoms with E-state index < -0.39 is 0 Å². The molecule has 2 aromatic rings. The molecule has 0 radical (unpaired) electrons. The van der Waals surface area contributed by atoms with E-state index in [0.717, 1.165) is 36.7 Å². The smallest absolute Gasteiger partial charge is 0.0694 e. The van der Waals surface area contributed by atoms with Crippen LogP contribution in [0.2, 0.25) is 0 Å². The molecule has 1 aromatic carbocycles. The molecule has 3 aliphatic rings. The van der Waals surface area contributed by atoms with Gasteiger partial charge >= 0.3 is 0 Å². The number of anilines is 1. The summed E-state index contributed by atoms with van der Waals surface area (Å²) in [4.78, 5) is 14.3. The summed E-state index contributed by atoms with van der Waals surface area (Å²) in [5, 5.41) is 0. The molecular weight excluding hydrogens is 344 g/mol. The molecule has 0 spiro atoms. The van der Waals surface area contributed by atoms with E-state index in [9.17, 15) is 0 Å². The maximum Gasteiger partial charge on any atom is 0.0694 e. The third kappa shape index (κ3) is 3.26. The van der Waals surface area contributed by atoms with E-state index in [0.29, 0.717) is 6.04 Å². The first-order valence-electron chi connectivity index (χ1n) is 10.6. The largest absolute Gasteiger partial charge is 0.366 e. The SMILES string of the molecule is CCN1C[C@@H]2C[C@H]1CN2c1ccc(C=C2CCCN=C2c2cccnc2)cc1. The van der Waals surface area contributed by atoms with Crippen molar-refractivity contribution in [3.63, 3.8) is 0 Å². The summed E-state index contributed by atoms with van der Waals surface area (Å²) in [7, 11) is 0. The summed E-state index contributed by atoms with van der Waals surface area (Å²) in [5.74, 6) is 0. The van der Waals surface area contributed by atoms with Gasteiger partial charge < -0.3 is 4.90 Å². The van der Waals surface area contributed by atoms with Gasteiger partial charge in [-0.25, -0.2) is 0 Å². The second-order valence-electron chi connectivity index (χ2n) is 8.12. The maximum absolute atomic E-state index is 4.79. The van der Waals surface area contributed by atoms with Crippen LogP contribution < -0.4 is 4.90 Å². The Morgan fingerprint density at radius 1 is 1.11 bits per heavy atom. The fourth-order valence-electron chi connectivity index (χ4n) is 5.02. The van der Waals surface area contributed by atoms with Gasteiger partial charge in [0, 0.05) is 55.4 Å². The summed E-state index contributed by atoms with van der Waals surface area (Å²) >= 11 is 0. The third-order valence-corrected chi connectivity index (χ3v) is 6.44. The molecule has 4 heterocycles. The summed E-state index contributed by atoms with van der Waals surface area (Å²) in [6, 6.07) is 14.7. The average molecular weight is 373 g/mol. The first-order chi connectivity index (χ1) is 13.8. The van der Waals surface area contributed by atoms with Crippen molar-refractivity contribution in [2.75, 3.05) is 31.1 Å². The lowest BCUT2D eigenvalue weighted by molar-refractivity contribution is 0.251. The number of aromatic nitrogens is 1.